The van der Waals surface area contributed by atoms with E-state index >= 15 is 0 Å². The normalized spacial score (nSPS) is 16.6. The molecule has 0 unspecified atom stereocenters. The Balaban J connectivity index is 1.44. The molecule has 1 aliphatic heterocycles. The SMILES string of the molecule is CCc1ncc(CN2CCC(c3cc(N)n4nc(C(C)(C)C)cc4n3)CC2)cn1. The summed E-state index contributed by atoms with van der Waals surface area (Å²) in [5.74, 6) is 2.00. The van der Waals surface area contributed by atoms with E-state index in [0.717, 1.165) is 61.8 Å². The summed E-state index contributed by atoms with van der Waals surface area (Å²) in [6.45, 7) is 11.5. The number of nitrogens with zero attached hydrogens (tertiary/aromatic N) is 6. The maximum atomic E-state index is 6.31. The molecule has 0 atom stereocenters. The van der Waals surface area contributed by atoms with E-state index in [-0.39, 0.29) is 5.41 Å². The van der Waals surface area contributed by atoms with Gasteiger partial charge in [-0.3, -0.25) is 4.90 Å². The van der Waals surface area contributed by atoms with Gasteiger partial charge in [0, 0.05) is 60.1 Å². The van der Waals surface area contributed by atoms with Crippen LogP contribution in [0.1, 0.15) is 69.2 Å². The molecule has 0 spiro atoms. The Hall–Kier alpha value is -2.54. The molecule has 1 fully saturated rings. The molecule has 29 heavy (non-hydrogen) atoms. The van der Waals surface area contributed by atoms with Crippen LogP contribution in [-0.4, -0.2) is 42.6 Å². The first-order valence-corrected chi connectivity index (χ1v) is 10.5. The lowest BCUT2D eigenvalue weighted by Crippen LogP contribution is -2.32. The van der Waals surface area contributed by atoms with Crippen LogP contribution in [0.3, 0.4) is 0 Å². The third kappa shape index (κ3) is 4.24. The van der Waals surface area contributed by atoms with Crippen molar-refractivity contribution in [2.45, 2.75) is 64.8 Å². The van der Waals surface area contributed by atoms with Gasteiger partial charge in [0.25, 0.3) is 0 Å². The zero-order valence-electron chi connectivity index (χ0n) is 17.9. The molecule has 3 aromatic heterocycles. The van der Waals surface area contributed by atoms with Crippen molar-refractivity contribution in [2.24, 2.45) is 0 Å². The van der Waals surface area contributed by atoms with Gasteiger partial charge in [-0.2, -0.15) is 9.61 Å². The zero-order chi connectivity index (χ0) is 20.6. The van der Waals surface area contributed by atoms with Gasteiger partial charge >= 0.3 is 0 Å². The van der Waals surface area contributed by atoms with Gasteiger partial charge in [-0.05, 0) is 25.9 Å². The number of hydrogen-bond acceptors (Lipinski definition) is 6. The number of aryl methyl sites for hydroxylation is 1. The number of hydrogen-bond donors (Lipinski definition) is 1. The maximum Gasteiger partial charge on any atom is 0.157 e. The standard InChI is InChI=1S/C22H31N7/c1-5-20-24-12-15(13-25-20)14-28-8-6-16(7-9-28)17-10-19(23)29-21(26-17)11-18(27-29)22(2,3)4/h10-13,16H,5-9,14,23H2,1-4H3. The minimum atomic E-state index is -0.0231. The van der Waals surface area contributed by atoms with Crippen LogP contribution in [-0.2, 0) is 18.4 Å². The van der Waals surface area contributed by atoms with Crippen LogP contribution < -0.4 is 5.73 Å². The second-order valence-electron chi connectivity index (χ2n) is 9.07. The minimum Gasteiger partial charge on any atom is -0.384 e. The van der Waals surface area contributed by atoms with Gasteiger partial charge in [-0.1, -0.05) is 27.7 Å². The van der Waals surface area contributed by atoms with E-state index in [1.54, 1.807) is 4.52 Å². The van der Waals surface area contributed by atoms with E-state index in [0.29, 0.717) is 11.7 Å². The predicted octanol–water partition coefficient (Wildman–Crippen LogP) is 3.34. The Morgan fingerprint density at radius 1 is 1.10 bits per heavy atom. The van der Waals surface area contributed by atoms with Crippen molar-refractivity contribution in [3.05, 3.63) is 47.3 Å². The van der Waals surface area contributed by atoms with E-state index in [4.69, 9.17) is 10.7 Å². The quantitative estimate of drug-likeness (QED) is 0.732. The fourth-order valence-corrected chi connectivity index (χ4v) is 3.88. The molecular formula is C22H31N7. The van der Waals surface area contributed by atoms with Gasteiger partial charge in [0.1, 0.15) is 11.6 Å². The molecule has 3 aromatic rings. The van der Waals surface area contributed by atoms with Crippen LogP contribution in [0, 0.1) is 0 Å². The molecule has 0 bridgehead atoms. The first kappa shape index (κ1) is 19.8. The second kappa shape index (κ2) is 7.71. The van der Waals surface area contributed by atoms with E-state index in [9.17, 15) is 0 Å². The number of rotatable bonds is 4. The molecular weight excluding hydrogens is 362 g/mol. The monoisotopic (exact) mass is 393 g/mol. The lowest BCUT2D eigenvalue weighted by molar-refractivity contribution is 0.203. The zero-order valence-corrected chi connectivity index (χ0v) is 17.9. The van der Waals surface area contributed by atoms with Crippen LogP contribution in [0.2, 0.25) is 0 Å². The van der Waals surface area contributed by atoms with Crippen LogP contribution in [0.15, 0.2) is 24.5 Å². The average Bonchev–Trinajstić information content (AvgIpc) is 3.15. The summed E-state index contributed by atoms with van der Waals surface area (Å²) in [4.78, 5) is 16.2. The molecule has 154 valence electrons. The number of anilines is 1. The summed E-state index contributed by atoms with van der Waals surface area (Å²) in [6.07, 6.45) is 6.95. The number of likely N-dealkylation sites (tertiary alicyclic amines) is 1. The van der Waals surface area contributed by atoms with Gasteiger partial charge in [-0.25, -0.2) is 15.0 Å². The van der Waals surface area contributed by atoms with Gasteiger partial charge in [-0.15, -0.1) is 0 Å². The highest BCUT2D eigenvalue weighted by Crippen LogP contribution is 2.30. The molecule has 0 aliphatic carbocycles. The van der Waals surface area contributed by atoms with E-state index in [2.05, 4.69) is 53.7 Å². The van der Waals surface area contributed by atoms with Crippen LogP contribution >= 0.6 is 0 Å². The number of nitrogens with two attached hydrogens (primary N) is 1. The smallest absolute Gasteiger partial charge is 0.157 e. The summed E-state index contributed by atoms with van der Waals surface area (Å²) in [7, 11) is 0. The topological polar surface area (TPSA) is 85.2 Å². The molecule has 0 aromatic carbocycles. The molecule has 1 saturated heterocycles. The molecule has 1 aliphatic rings. The molecule has 4 heterocycles. The fraction of sp³-hybridized carbons (Fsp3) is 0.545. The second-order valence-corrected chi connectivity index (χ2v) is 9.07. The molecule has 0 amide bonds. The number of aromatic nitrogens is 5. The van der Waals surface area contributed by atoms with E-state index in [1.807, 2.05) is 18.5 Å². The molecule has 0 radical (unpaired) electrons. The van der Waals surface area contributed by atoms with Gasteiger partial charge in [0.15, 0.2) is 5.65 Å². The van der Waals surface area contributed by atoms with E-state index in [1.165, 1.54) is 5.56 Å². The Morgan fingerprint density at radius 2 is 1.79 bits per heavy atom. The highest BCUT2D eigenvalue weighted by Gasteiger charge is 2.24. The van der Waals surface area contributed by atoms with Crippen molar-refractivity contribution in [1.29, 1.82) is 0 Å². The third-order valence-electron chi connectivity index (χ3n) is 5.73. The lowest BCUT2D eigenvalue weighted by Gasteiger charge is -2.31. The van der Waals surface area contributed by atoms with Crippen molar-refractivity contribution in [3.8, 4) is 0 Å². The van der Waals surface area contributed by atoms with Gasteiger partial charge < -0.3 is 5.73 Å². The summed E-state index contributed by atoms with van der Waals surface area (Å²) in [5, 5.41) is 4.65. The Kier molecular flexibility index (Phi) is 5.25. The first-order valence-electron chi connectivity index (χ1n) is 10.5. The number of piperidine rings is 1. The Morgan fingerprint density at radius 3 is 2.41 bits per heavy atom. The summed E-state index contributed by atoms with van der Waals surface area (Å²) >= 11 is 0. The summed E-state index contributed by atoms with van der Waals surface area (Å²) < 4.78 is 1.76. The van der Waals surface area contributed by atoms with Crippen molar-refractivity contribution < 1.29 is 0 Å². The van der Waals surface area contributed by atoms with Crippen molar-refractivity contribution in [1.82, 2.24) is 29.5 Å². The highest BCUT2D eigenvalue weighted by atomic mass is 15.3. The highest BCUT2D eigenvalue weighted by molar-refractivity contribution is 5.49. The van der Waals surface area contributed by atoms with Crippen molar-refractivity contribution >= 4 is 11.5 Å². The van der Waals surface area contributed by atoms with Gasteiger partial charge in [0.2, 0.25) is 0 Å². The Labute approximate surface area is 172 Å². The molecule has 2 N–H and O–H groups in total. The third-order valence-corrected chi connectivity index (χ3v) is 5.73. The predicted molar refractivity (Wildman–Crippen MR) is 115 cm³/mol. The Bertz CT molecular complexity index is 977. The van der Waals surface area contributed by atoms with Crippen molar-refractivity contribution in [2.75, 3.05) is 18.8 Å². The van der Waals surface area contributed by atoms with E-state index < -0.39 is 0 Å². The average molecular weight is 394 g/mol. The lowest BCUT2D eigenvalue weighted by atomic mass is 9.92. The van der Waals surface area contributed by atoms with Crippen LogP contribution in [0.5, 0.6) is 0 Å². The van der Waals surface area contributed by atoms with Crippen LogP contribution in [0.25, 0.3) is 5.65 Å². The number of nitrogen functional groups attached to an aromatic ring is 1. The van der Waals surface area contributed by atoms with Crippen molar-refractivity contribution in [3.63, 3.8) is 0 Å². The maximum absolute atomic E-state index is 6.31. The number of fused-ring (bicyclic) bond motifs is 1. The van der Waals surface area contributed by atoms with Crippen LogP contribution in [0.4, 0.5) is 5.82 Å². The largest absolute Gasteiger partial charge is 0.384 e. The molecule has 7 heteroatoms. The molecule has 7 nitrogen and oxygen atoms in total. The van der Waals surface area contributed by atoms with Gasteiger partial charge in [0.05, 0.1) is 5.69 Å². The summed E-state index contributed by atoms with van der Waals surface area (Å²) in [5.41, 5.74) is 10.4. The molecule has 4 rings (SSSR count). The minimum absolute atomic E-state index is 0.0231. The summed E-state index contributed by atoms with van der Waals surface area (Å²) in [6, 6.07) is 4.07. The first-order chi connectivity index (χ1) is 13.8. The fourth-order valence-electron chi connectivity index (χ4n) is 3.88. The molecule has 0 saturated carbocycles.